The Labute approximate surface area is 323 Å². The molecule has 2 aromatic heterocycles. The highest BCUT2D eigenvalue weighted by molar-refractivity contribution is 14.1. The number of carbonyl (C=O) groups is 3. The Morgan fingerprint density at radius 2 is 1.37 bits per heavy atom. The predicted octanol–water partition coefficient (Wildman–Crippen LogP) is 4.49. The van der Waals surface area contributed by atoms with Gasteiger partial charge in [0.05, 0.1) is 17.6 Å². The van der Waals surface area contributed by atoms with Crippen molar-refractivity contribution in [3.05, 3.63) is 89.5 Å². The van der Waals surface area contributed by atoms with Crippen molar-refractivity contribution >= 4 is 74.8 Å². The third kappa shape index (κ3) is 13.1. The van der Waals surface area contributed by atoms with Crippen molar-refractivity contribution in [3.8, 4) is 12.3 Å². The fourth-order valence-corrected chi connectivity index (χ4v) is 5.00. The number of carboxylic acid groups (broad SMARTS) is 2. The number of amides is 1. The van der Waals surface area contributed by atoms with E-state index >= 15 is 0 Å². The number of rotatable bonds is 8. The molecule has 0 spiro atoms. The van der Waals surface area contributed by atoms with Gasteiger partial charge in [0.1, 0.15) is 16.7 Å². The molecule has 0 radical (unpaired) electrons. The molecule has 284 valence electrons. The van der Waals surface area contributed by atoms with Crippen LogP contribution in [0, 0.1) is 15.9 Å². The normalized spacial score (nSPS) is 10.2. The van der Waals surface area contributed by atoms with Crippen LogP contribution in [0.25, 0.3) is 21.8 Å². The zero-order chi connectivity index (χ0) is 37.9. The molecule has 14 nitrogen and oxygen atoms in total. The molecule has 0 saturated carbocycles. The summed E-state index contributed by atoms with van der Waals surface area (Å²) in [6.45, 7) is 6.16. The van der Waals surface area contributed by atoms with Crippen LogP contribution in [-0.2, 0) is 11.2 Å². The minimum atomic E-state index is -1.22. The average Bonchev–Trinajstić information content (AvgIpc) is 3.02. The molecule has 4 aromatic rings. The van der Waals surface area contributed by atoms with E-state index < -0.39 is 34.5 Å². The van der Waals surface area contributed by atoms with E-state index in [9.17, 15) is 29.1 Å². The van der Waals surface area contributed by atoms with Crippen molar-refractivity contribution in [2.45, 2.75) is 46.6 Å². The lowest BCUT2D eigenvalue weighted by atomic mass is 10.0. The maximum absolute atomic E-state index is 12.3. The summed E-state index contributed by atoms with van der Waals surface area (Å²) >= 11 is 2.09. The molecule has 0 atom stereocenters. The van der Waals surface area contributed by atoms with Crippen LogP contribution < -0.4 is 31.9 Å². The summed E-state index contributed by atoms with van der Waals surface area (Å²) in [6.07, 6.45) is 8.74. The predicted molar refractivity (Wildman–Crippen MR) is 218 cm³/mol. The molecule has 0 aliphatic carbocycles. The molecule has 1 amide bonds. The molecule has 0 saturated heterocycles. The number of halogens is 2. The summed E-state index contributed by atoms with van der Waals surface area (Å²) in [5, 5.41) is 24.9. The lowest BCUT2D eigenvalue weighted by Gasteiger charge is -2.20. The van der Waals surface area contributed by atoms with E-state index in [1.807, 2.05) is 24.3 Å². The quantitative estimate of drug-likeness (QED) is 0.144. The van der Waals surface area contributed by atoms with Gasteiger partial charge in [0.15, 0.2) is 0 Å². The van der Waals surface area contributed by atoms with Gasteiger partial charge in [-0.3, -0.25) is 18.9 Å². The molecule has 0 unspecified atom stereocenters. The smallest absolute Gasteiger partial charge is 0.408 e. The van der Waals surface area contributed by atoms with Gasteiger partial charge in [0, 0.05) is 54.9 Å². The lowest BCUT2D eigenvalue weighted by molar-refractivity contribution is 0.0533. The number of nitrogens with two attached hydrogens (primary N) is 1. The van der Waals surface area contributed by atoms with Gasteiger partial charge in [0.25, 0.3) is 0 Å². The van der Waals surface area contributed by atoms with E-state index in [1.165, 1.54) is 12.4 Å². The van der Waals surface area contributed by atoms with Crippen LogP contribution in [0.5, 0.6) is 0 Å². The molecule has 2 heterocycles. The molecule has 2 aromatic carbocycles. The third-order valence-electron chi connectivity index (χ3n) is 6.72. The number of terminal acetylenes is 1. The molecule has 16 heteroatoms. The van der Waals surface area contributed by atoms with Crippen molar-refractivity contribution in [1.29, 1.82) is 0 Å². The number of hydrogen-bond acceptors (Lipinski definition) is 9. The van der Waals surface area contributed by atoms with Crippen LogP contribution in [0.3, 0.4) is 0 Å². The summed E-state index contributed by atoms with van der Waals surface area (Å²) in [4.78, 5) is 57.5. The summed E-state index contributed by atoms with van der Waals surface area (Å²) in [6, 6.07) is 10.9. The molecule has 0 aliphatic rings. The second-order valence-electron chi connectivity index (χ2n) is 12.2. The molecular weight excluding hydrogens is 807 g/mol. The second kappa shape index (κ2) is 20.9. The van der Waals surface area contributed by atoms with E-state index in [0.29, 0.717) is 28.4 Å². The summed E-state index contributed by atoms with van der Waals surface area (Å²) in [5.41, 5.74) is 6.04. The Bertz CT molecular complexity index is 2030. The number of aromatic nitrogens is 2. The van der Waals surface area contributed by atoms with E-state index in [-0.39, 0.29) is 37.5 Å². The van der Waals surface area contributed by atoms with Gasteiger partial charge in [-0.15, -0.1) is 18.8 Å². The van der Waals surface area contributed by atoms with Gasteiger partial charge in [-0.25, -0.2) is 14.4 Å². The van der Waals surface area contributed by atoms with Crippen molar-refractivity contribution in [2.24, 2.45) is 5.73 Å². The molecule has 52 heavy (non-hydrogen) atoms. The van der Waals surface area contributed by atoms with E-state index in [2.05, 4.69) is 33.8 Å². The highest BCUT2D eigenvalue weighted by Crippen LogP contribution is 2.17. The Balaban J connectivity index is 0.000000771. The maximum atomic E-state index is 12.3. The van der Waals surface area contributed by atoms with Crippen molar-refractivity contribution in [1.82, 2.24) is 14.7 Å². The number of ether oxygens (including phenoxy) is 1. The van der Waals surface area contributed by atoms with Crippen LogP contribution in [-0.4, -0.2) is 84.5 Å². The van der Waals surface area contributed by atoms with Gasteiger partial charge in [0.2, 0.25) is 10.9 Å². The number of fused-ring (bicyclic) bond motifs is 2. The van der Waals surface area contributed by atoms with Crippen LogP contribution in [0.2, 0.25) is 0 Å². The Morgan fingerprint density at radius 3 is 1.77 bits per heavy atom. The minimum Gasteiger partial charge on any atom is -0.477 e. The van der Waals surface area contributed by atoms with Crippen LogP contribution in [0.1, 0.15) is 60.9 Å². The minimum absolute atomic E-state index is 0. The molecule has 0 bridgehead atoms. The van der Waals surface area contributed by atoms with E-state index in [0.717, 1.165) is 22.0 Å². The van der Waals surface area contributed by atoms with Crippen LogP contribution in [0.4, 0.5) is 4.79 Å². The number of nitrogens with one attached hydrogen (secondary N) is 1. The SMILES string of the molecule is C.C#CCNC(=O)OC(C)(C)C.CN(C)n1cc(C(=O)O)c(=O)c2cc(CCCN)ccc21.CN(C)n1cc(C(=O)O)c(=O)c2cc(I)ccc21.Cl. The second-order valence-corrected chi connectivity index (χ2v) is 13.4. The largest absolute Gasteiger partial charge is 0.477 e. The first-order valence-electron chi connectivity index (χ1n) is 15.3. The van der Waals surface area contributed by atoms with E-state index in [1.54, 1.807) is 80.5 Å². The molecule has 0 fully saturated rings. The highest BCUT2D eigenvalue weighted by Gasteiger charge is 2.17. The standard InChI is InChI=1S/C15H19N3O3.C12H11IN2O3.C8H13NO2.CH4.ClH/c1-17(2)18-9-12(15(20)21)14(19)11-8-10(4-3-7-16)5-6-13(11)18;1-14(2)15-6-9(12(17)18)11(16)8-5-7(13)3-4-10(8)15;1-5-6-9-7(10)11-8(2,3)4;;/h5-6,8-9H,3-4,7,16H2,1-2H3,(H,20,21);3-6H,1-2H3,(H,17,18);1H,6H2,2-4H3,(H,9,10);1H4;1H. The number of aromatic carboxylic acids is 2. The van der Waals surface area contributed by atoms with Gasteiger partial charge in [-0.1, -0.05) is 19.4 Å². The molecule has 5 N–H and O–H groups in total. The van der Waals surface area contributed by atoms with Crippen LogP contribution in [0.15, 0.2) is 58.4 Å². The van der Waals surface area contributed by atoms with Gasteiger partial charge in [-0.2, -0.15) is 0 Å². The number of aryl methyl sites for hydroxylation is 1. The molecule has 0 aliphatic heterocycles. The van der Waals surface area contributed by atoms with Gasteiger partial charge in [-0.05, 0) is 98.6 Å². The monoisotopic (exact) mass is 854 g/mol. The summed E-state index contributed by atoms with van der Waals surface area (Å²) in [7, 11) is 7.15. The number of alkyl carbamates (subject to hydrolysis) is 1. The number of carbonyl (C=O) groups excluding carboxylic acids is 1. The van der Waals surface area contributed by atoms with Crippen molar-refractivity contribution in [3.63, 3.8) is 0 Å². The van der Waals surface area contributed by atoms with Gasteiger partial charge >= 0.3 is 18.0 Å². The van der Waals surface area contributed by atoms with Crippen molar-refractivity contribution in [2.75, 3.05) is 51.3 Å². The number of pyridine rings is 2. The summed E-state index contributed by atoms with van der Waals surface area (Å²) in [5.74, 6) is -0.157. The Kier molecular flexibility index (Phi) is 19.0. The number of carboxylic acids is 2. The maximum Gasteiger partial charge on any atom is 0.408 e. The Hall–Kier alpha value is -4.79. The number of nitrogens with zero attached hydrogens (tertiary/aromatic N) is 4. The fourth-order valence-electron chi connectivity index (χ4n) is 4.51. The Morgan fingerprint density at radius 1 is 0.904 bits per heavy atom. The number of hydrogen-bond donors (Lipinski definition) is 4. The van der Waals surface area contributed by atoms with E-state index in [4.69, 9.17) is 22.0 Å². The van der Waals surface area contributed by atoms with Crippen LogP contribution >= 0.6 is 35.0 Å². The molecule has 4 rings (SSSR count). The number of benzene rings is 2. The summed E-state index contributed by atoms with van der Waals surface area (Å²) < 4.78 is 9.10. The van der Waals surface area contributed by atoms with Crippen molar-refractivity contribution < 1.29 is 29.3 Å². The zero-order valence-electron chi connectivity index (χ0n) is 29.5. The first-order valence-corrected chi connectivity index (χ1v) is 16.4. The first kappa shape index (κ1) is 47.2. The lowest BCUT2D eigenvalue weighted by Crippen LogP contribution is -2.32. The highest BCUT2D eigenvalue weighted by atomic mass is 127. The average molecular weight is 855 g/mol. The zero-order valence-corrected chi connectivity index (χ0v) is 32.5. The third-order valence-corrected chi connectivity index (χ3v) is 7.39. The fraction of sp³-hybridized carbons (Fsp3) is 0.361. The van der Waals surface area contributed by atoms with Gasteiger partial charge < -0.3 is 36.0 Å². The topological polar surface area (TPSA) is 189 Å². The molecular formula is C36H48ClIN6O8. The first-order chi connectivity index (χ1) is 23.3.